The molecule has 1 aliphatic carbocycles. The number of aromatic nitrogens is 2. The Kier molecular flexibility index (Phi) is 5.44. The first kappa shape index (κ1) is 18.7. The van der Waals surface area contributed by atoms with Crippen molar-refractivity contribution in [2.75, 3.05) is 6.54 Å². The summed E-state index contributed by atoms with van der Waals surface area (Å²) in [6, 6.07) is 13.8. The topological polar surface area (TPSA) is 38.1 Å². The molecule has 2 aromatic carbocycles. The van der Waals surface area contributed by atoms with E-state index < -0.39 is 5.82 Å². The highest BCUT2D eigenvalue weighted by Crippen LogP contribution is 2.31. The quantitative estimate of drug-likeness (QED) is 0.575. The van der Waals surface area contributed by atoms with E-state index >= 15 is 0 Å². The van der Waals surface area contributed by atoms with Crippen molar-refractivity contribution >= 4 is 17.5 Å². The third-order valence-corrected chi connectivity index (χ3v) is 5.18. The van der Waals surface area contributed by atoms with Gasteiger partial charge in [-0.2, -0.15) is 0 Å². The standard InChI is InChI=1S/C22H21ClFN3O/c23-18-5-3-4-17(12-18)14-26-11-10-25-21(26)15-27(13-16-8-9-16)22(28)19-6-1-2-7-20(19)24/h1-7,10-12,16H,8-9,13-15H2. The zero-order valence-electron chi connectivity index (χ0n) is 15.4. The van der Waals surface area contributed by atoms with Crippen LogP contribution in [0.1, 0.15) is 34.6 Å². The molecule has 3 aromatic rings. The maximum Gasteiger partial charge on any atom is 0.257 e. The third kappa shape index (κ3) is 4.42. The number of nitrogens with zero attached hydrogens (tertiary/aromatic N) is 3. The Bertz CT molecular complexity index is 983. The molecule has 0 aliphatic heterocycles. The summed E-state index contributed by atoms with van der Waals surface area (Å²) in [4.78, 5) is 19.2. The van der Waals surface area contributed by atoms with Crippen LogP contribution in [0.5, 0.6) is 0 Å². The highest BCUT2D eigenvalue weighted by molar-refractivity contribution is 6.30. The fourth-order valence-corrected chi connectivity index (χ4v) is 3.49. The van der Waals surface area contributed by atoms with Crippen LogP contribution >= 0.6 is 11.6 Å². The molecule has 0 saturated heterocycles. The first-order valence-corrected chi connectivity index (χ1v) is 9.76. The Labute approximate surface area is 168 Å². The van der Waals surface area contributed by atoms with Gasteiger partial charge in [0.2, 0.25) is 0 Å². The molecule has 1 aromatic heterocycles. The Morgan fingerprint density at radius 2 is 2.04 bits per heavy atom. The number of carbonyl (C=O) groups excluding carboxylic acids is 1. The normalized spacial score (nSPS) is 13.5. The minimum absolute atomic E-state index is 0.107. The summed E-state index contributed by atoms with van der Waals surface area (Å²) in [5, 5.41) is 0.684. The molecule has 1 fully saturated rings. The molecule has 0 radical (unpaired) electrons. The maximum absolute atomic E-state index is 14.2. The van der Waals surface area contributed by atoms with Crippen LogP contribution in [0.2, 0.25) is 5.02 Å². The highest BCUT2D eigenvalue weighted by Gasteiger charge is 2.29. The van der Waals surface area contributed by atoms with E-state index in [9.17, 15) is 9.18 Å². The Hall–Kier alpha value is -2.66. The molecule has 1 amide bonds. The molecule has 0 spiro atoms. The van der Waals surface area contributed by atoms with Crippen LogP contribution in [0.3, 0.4) is 0 Å². The highest BCUT2D eigenvalue weighted by atomic mass is 35.5. The number of halogens is 2. The van der Waals surface area contributed by atoms with Crippen molar-refractivity contribution in [3.63, 3.8) is 0 Å². The molecule has 0 atom stereocenters. The van der Waals surface area contributed by atoms with Crippen LogP contribution in [-0.4, -0.2) is 26.9 Å². The molecule has 6 heteroatoms. The molecule has 0 unspecified atom stereocenters. The van der Waals surface area contributed by atoms with E-state index in [1.165, 1.54) is 12.1 Å². The number of imidazole rings is 1. The van der Waals surface area contributed by atoms with Gasteiger partial charge in [0.05, 0.1) is 12.1 Å². The summed E-state index contributed by atoms with van der Waals surface area (Å²) in [6.07, 6.45) is 5.83. The van der Waals surface area contributed by atoms with Gasteiger partial charge in [-0.15, -0.1) is 0 Å². The molecule has 28 heavy (non-hydrogen) atoms. The Morgan fingerprint density at radius 3 is 2.79 bits per heavy atom. The van der Waals surface area contributed by atoms with Crippen LogP contribution in [0.4, 0.5) is 4.39 Å². The van der Waals surface area contributed by atoms with E-state index in [4.69, 9.17) is 11.6 Å². The van der Waals surface area contributed by atoms with Gasteiger partial charge >= 0.3 is 0 Å². The van der Waals surface area contributed by atoms with Gasteiger partial charge in [0, 0.05) is 30.5 Å². The van der Waals surface area contributed by atoms with E-state index in [0.29, 0.717) is 30.6 Å². The van der Waals surface area contributed by atoms with Crippen LogP contribution in [0.25, 0.3) is 0 Å². The molecule has 1 heterocycles. The molecule has 0 N–H and O–H groups in total. The fraction of sp³-hybridized carbons (Fsp3) is 0.273. The number of benzene rings is 2. The average molecular weight is 398 g/mol. The number of carbonyl (C=O) groups is 1. The van der Waals surface area contributed by atoms with Crippen molar-refractivity contribution in [1.29, 1.82) is 0 Å². The summed E-state index contributed by atoms with van der Waals surface area (Å²) < 4.78 is 16.2. The van der Waals surface area contributed by atoms with Crippen LogP contribution in [0, 0.1) is 11.7 Å². The minimum atomic E-state index is -0.490. The van der Waals surface area contributed by atoms with E-state index in [2.05, 4.69) is 4.98 Å². The lowest BCUT2D eigenvalue weighted by atomic mass is 10.1. The second-order valence-corrected chi connectivity index (χ2v) is 7.65. The SMILES string of the molecule is O=C(c1ccccc1F)N(Cc1nccn1Cc1cccc(Cl)c1)CC1CC1. The molecule has 1 aliphatic rings. The summed E-state index contributed by atoms with van der Waals surface area (Å²) in [7, 11) is 0. The Balaban J connectivity index is 1.55. The van der Waals surface area contributed by atoms with Crippen molar-refractivity contribution in [2.45, 2.75) is 25.9 Å². The predicted octanol–water partition coefficient (Wildman–Crippen LogP) is 4.78. The second kappa shape index (κ2) is 8.15. The number of hydrogen-bond acceptors (Lipinski definition) is 2. The van der Waals surface area contributed by atoms with Crippen molar-refractivity contribution < 1.29 is 9.18 Å². The zero-order valence-corrected chi connectivity index (χ0v) is 16.1. The van der Waals surface area contributed by atoms with Gasteiger partial charge in [-0.25, -0.2) is 9.37 Å². The lowest BCUT2D eigenvalue weighted by Gasteiger charge is -2.23. The third-order valence-electron chi connectivity index (χ3n) is 4.94. The van der Waals surface area contributed by atoms with Gasteiger partial charge in [-0.05, 0) is 48.6 Å². The lowest BCUT2D eigenvalue weighted by molar-refractivity contribution is 0.0724. The minimum Gasteiger partial charge on any atom is -0.331 e. The summed E-state index contributed by atoms with van der Waals surface area (Å²) in [5.74, 6) is 0.482. The monoisotopic (exact) mass is 397 g/mol. The van der Waals surface area contributed by atoms with Gasteiger partial charge in [0.15, 0.2) is 0 Å². The first-order valence-electron chi connectivity index (χ1n) is 9.38. The molecular weight excluding hydrogens is 377 g/mol. The van der Waals surface area contributed by atoms with Gasteiger partial charge < -0.3 is 9.47 Å². The number of rotatable bonds is 7. The van der Waals surface area contributed by atoms with E-state index in [1.807, 2.05) is 35.0 Å². The molecule has 4 rings (SSSR count). The van der Waals surface area contributed by atoms with Crippen molar-refractivity contribution in [2.24, 2.45) is 5.92 Å². The van der Waals surface area contributed by atoms with Crippen molar-refractivity contribution in [3.8, 4) is 0 Å². The van der Waals surface area contributed by atoms with Crippen molar-refractivity contribution in [1.82, 2.24) is 14.5 Å². The average Bonchev–Trinajstić information content (AvgIpc) is 3.40. The van der Waals surface area contributed by atoms with E-state index in [1.54, 1.807) is 23.2 Å². The van der Waals surface area contributed by atoms with Gasteiger partial charge in [0.1, 0.15) is 11.6 Å². The first-order chi connectivity index (χ1) is 13.6. The van der Waals surface area contributed by atoms with E-state index in [-0.39, 0.29) is 11.5 Å². The van der Waals surface area contributed by atoms with Gasteiger partial charge in [0.25, 0.3) is 5.91 Å². The maximum atomic E-state index is 14.2. The van der Waals surface area contributed by atoms with E-state index in [0.717, 1.165) is 24.2 Å². The number of hydrogen-bond donors (Lipinski definition) is 0. The summed E-state index contributed by atoms with van der Waals surface area (Å²) in [6.45, 7) is 1.58. The predicted molar refractivity (Wildman–Crippen MR) is 107 cm³/mol. The largest absolute Gasteiger partial charge is 0.331 e. The molecule has 1 saturated carbocycles. The molecule has 144 valence electrons. The summed E-state index contributed by atoms with van der Waals surface area (Å²) >= 11 is 6.08. The molecule has 4 nitrogen and oxygen atoms in total. The van der Waals surface area contributed by atoms with Gasteiger partial charge in [-0.1, -0.05) is 35.9 Å². The second-order valence-electron chi connectivity index (χ2n) is 7.21. The van der Waals surface area contributed by atoms with Crippen LogP contribution in [-0.2, 0) is 13.1 Å². The molecule has 0 bridgehead atoms. The zero-order chi connectivity index (χ0) is 19.5. The Morgan fingerprint density at radius 1 is 1.21 bits per heavy atom. The lowest BCUT2D eigenvalue weighted by Crippen LogP contribution is -2.34. The van der Waals surface area contributed by atoms with Crippen LogP contribution < -0.4 is 0 Å². The fourth-order valence-electron chi connectivity index (χ4n) is 3.27. The number of amides is 1. The van der Waals surface area contributed by atoms with Crippen LogP contribution in [0.15, 0.2) is 60.9 Å². The van der Waals surface area contributed by atoms with Gasteiger partial charge in [-0.3, -0.25) is 4.79 Å². The summed E-state index contributed by atoms with van der Waals surface area (Å²) in [5.41, 5.74) is 1.16. The smallest absolute Gasteiger partial charge is 0.257 e. The van der Waals surface area contributed by atoms with Crippen molar-refractivity contribution in [3.05, 3.63) is 88.7 Å². The molecular formula is C22H21ClFN3O.